The van der Waals surface area contributed by atoms with Gasteiger partial charge in [0.25, 0.3) is 0 Å². The zero-order valence-electron chi connectivity index (χ0n) is 13.7. The van der Waals surface area contributed by atoms with Gasteiger partial charge in [-0.3, -0.25) is 4.98 Å². The summed E-state index contributed by atoms with van der Waals surface area (Å²) in [7, 11) is 0. The van der Waals surface area contributed by atoms with Gasteiger partial charge in [-0.05, 0) is 43.2 Å². The highest BCUT2D eigenvalue weighted by molar-refractivity contribution is 5.50. The van der Waals surface area contributed by atoms with E-state index < -0.39 is 0 Å². The number of hydrogen-bond donors (Lipinski definition) is 0. The number of hydrogen-bond acceptors (Lipinski definition) is 4. The van der Waals surface area contributed by atoms with E-state index in [0.29, 0.717) is 12.5 Å². The summed E-state index contributed by atoms with van der Waals surface area (Å²) in [5, 5.41) is 0. The predicted octanol–water partition coefficient (Wildman–Crippen LogP) is 3.08. The van der Waals surface area contributed by atoms with Gasteiger partial charge in [-0.2, -0.15) is 0 Å². The number of aromatic nitrogens is 4. The van der Waals surface area contributed by atoms with Crippen LogP contribution < -0.4 is 0 Å². The summed E-state index contributed by atoms with van der Waals surface area (Å²) in [6, 6.07) is 10.5. The molecule has 0 radical (unpaired) electrons. The van der Waals surface area contributed by atoms with E-state index in [1.54, 1.807) is 0 Å². The van der Waals surface area contributed by atoms with Gasteiger partial charge in [0.15, 0.2) is 5.82 Å². The van der Waals surface area contributed by atoms with E-state index in [9.17, 15) is 0 Å². The molecule has 122 valence electrons. The molecule has 3 aromatic heterocycles. The molecule has 4 rings (SSSR count). The Morgan fingerprint density at radius 2 is 2.00 bits per heavy atom. The summed E-state index contributed by atoms with van der Waals surface area (Å²) >= 11 is 0. The molecule has 0 aliphatic carbocycles. The van der Waals surface area contributed by atoms with E-state index in [2.05, 4.69) is 31.7 Å². The van der Waals surface area contributed by atoms with Crippen LogP contribution in [0.1, 0.15) is 17.3 Å². The first-order valence-corrected chi connectivity index (χ1v) is 8.25. The Morgan fingerprint density at radius 3 is 2.83 bits per heavy atom. The van der Waals surface area contributed by atoms with Crippen LogP contribution in [0.25, 0.3) is 11.5 Å². The third-order valence-electron chi connectivity index (χ3n) is 4.56. The van der Waals surface area contributed by atoms with Crippen LogP contribution in [0.3, 0.4) is 0 Å². The SMILES string of the molecule is Cc1cccc(-c2nccn2[C@@H]2COC[C@H]2Cc2ccncc2)n1. The lowest BCUT2D eigenvalue weighted by Gasteiger charge is -2.21. The highest BCUT2D eigenvalue weighted by atomic mass is 16.5. The lowest BCUT2D eigenvalue weighted by Crippen LogP contribution is -2.20. The van der Waals surface area contributed by atoms with Crippen LogP contribution in [0.2, 0.25) is 0 Å². The molecule has 0 bridgehead atoms. The van der Waals surface area contributed by atoms with Crippen LogP contribution in [-0.4, -0.2) is 32.7 Å². The fourth-order valence-corrected chi connectivity index (χ4v) is 3.36. The maximum absolute atomic E-state index is 5.80. The monoisotopic (exact) mass is 320 g/mol. The van der Waals surface area contributed by atoms with Crippen LogP contribution in [0.5, 0.6) is 0 Å². The van der Waals surface area contributed by atoms with Crippen molar-refractivity contribution < 1.29 is 4.74 Å². The Morgan fingerprint density at radius 1 is 1.12 bits per heavy atom. The fraction of sp³-hybridized carbons (Fsp3) is 0.316. The van der Waals surface area contributed by atoms with Gasteiger partial charge in [0.2, 0.25) is 0 Å². The lowest BCUT2D eigenvalue weighted by molar-refractivity contribution is 0.181. The Bertz CT molecular complexity index is 815. The zero-order chi connectivity index (χ0) is 16.4. The molecular formula is C19H20N4O. The topological polar surface area (TPSA) is 52.8 Å². The van der Waals surface area contributed by atoms with Crippen LogP contribution >= 0.6 is 0 Å². The van der Waals surface area contributed by atoms with Gasteiger partial charge in [-0.15, -0.1) is 0 Å². The maximum Gasteiger partial charge on any atom is 0.158 e. The van der Waals surface area contributed by atoms with Crippen molar-refractivity contribution in [2.24, 2.45) is 5.92 Å². The average molecular weight is 320 g/mol. The van der Waals surface area contributed by atoms with Crippen LogP contribution in [-0.2, 0) is 11.2 Å². The smallest absolute Gasteiger partial charge is 0.158 e. The second kappa shape index (κ2) is 6.53. The predicted molar refractivity (Wildman–Crippen MR) is 91.5 cm³/mol. The van der Waals surface area contributed by atoms with E-state index in [0.717, 1.165) is 30.2 Å². The Balaban J connectivity index is 1.63. The van der Waals surface area contributed by atoms with E-state index >= 15 is 0 Å². The summed E-state index contributed by atoms with van der Waals surface area (Å²) in [6.45, 7) is 3.48. The van der Waals surface area contributed by atoms with E-state index in [1.165, 1.54) is 5.56 Å². The Hall–Kier alpha value is -2.53. The molecule has 1 saturated heterocycles. The van der Waals surface area contributed by atoms with Crippen molar-refractivity contribution in [2.45, 2.75) is 19.4 Å². The van der Waals surface area contributed by atoms with Gasteiger partial charge < -0.3 is 9.30 Å². The van der Waals surface area contributed by atoms with E-state index in [4.69, 9.17) is 4.74 Å². The van der Waals surface area contributed by atoms with Gasteiger partial charge in [-0.1, -0.05) is 6.07 Å². The molecule has 3 aromatic rings. The normalized spacial score (nSPS) is 20.4. The third-order valence-corrected chi connectivity index (χ3v) is 4.56. The molecule has 4 heterocycles. The highest BCUT2D eigenvalue weighted by Crippen LogP contribution is 2.32. The molecule has 0 unspecified atom stereocenters. The number of pyridine rings is 2. The van der Waals surface area contributed by atoms with E-state index in [-0.39, 0.29) is 6.04 Å². The van der Waals surface area contributed by atoms with Crippen molar-refractivity contribution in [1.29, 1.82) is 0 Å². The van der Waals surface area contributed by atoms with Crippen LogP contribution in [0.4, 0.5) is 0 Å². The first kappa shape index (κ1) is 15.0. The molecule has 0 spiro atoms. The van der Waals surface area contributed by atoms with Gasteiger partial charge in [-0.25, -0.2) is 9.97 Å². The summed E-state index contributed by atoms with van der Waals surface area (Å²) in [5.74, 6) is 1.33. The molecule has 0 aromatic carbocycles. The molecule has 1 aliphatic heterocycles. The molecule has 0 saturated carbocycles. The number of aryl methyl sites for hydroxylation is 1. The minimum absolute atomic E-state index is 0.276. The molecule has 0 amide bonds. The minimum atomic E-state index is 0.276. The van der Waals surface area contributed by atoms with Crippen molar-refractivity contribution in [3.63, 3.8) is 0 Å². The van der Waals surface area contributed by atoms with Crippen molar-refractivity contribution in [3.05, 3.63) is 66.4 Å². The largest absolute Gasteiger partial charge is 0.379 e. The van der Waals surface area contributed by atoms with Crippen LogP contribution in [0.15, 0.2) is 55.1 Å². The molecule has 1 fully saturated rings. The number of rotatable bonds is 4. The quantitative estimate of drug-likeness (QED) is 0.741. The highest BCUT2D eigenvalue weighted by Gasteiger charge is 2.31. The van der Waals surface area contributed by atoms with Crippen LogP contribution in [0, 0.1) is 12.8 Å². The zero-order valence-corrected chi connectivity index (χ0v) is 13.7. The second-order valence-corrected chi connectivity index (χ2v) is 6.25. The van der Waals surface area contributed by atoms with Crippen molar-refractivity contribution in [1.82, 2.24) is 19.5 Å². The average Bonchev–Trinajstić information content (AvgIpc) is 3.24. The minimum Gasteiger partial charge on any atom is -0.379 e. The molecule has 5 heteroatoms. The molecule has 0 N–H and O–H groups in total. The molecule has 24 heavy (non-hydrogen) atoms. The van der Waals surface area contributed by atoms with Gasteiger partial charge in [0.05, 0.1) is 19.3 Å². The number of ether oxygens (including phenoxy) is 1. The Labute approximate surface area is 141 Å². The van der Waals surface area contributed by atoms with E-state index in [1.807, 2.05) is 49.9 Å². The summed E-state index contributed by atoms with van der Waals surface area (Å²) in [6.07, 6.45) is 8.56. The fourth-order valence-electron chi connectivity index (χ4n) is 3.36. The standard InChI is InChI=1S/C19H20N4O/c1-14-3-2-4-17(22-14)19-21-9-10-23(19)18-13-24-12-16(18)11-15-5-7-20-8-6-15/h2-10,16,18H,11-13H2,1H3/t16-,18-/m1/s1. The molecule has 2 atom stereocenters. The molecule has 5 nitrogen and oxygen atoms in total. The second-order valence-electron chi connectivity index (χ2n) is 6.25. The summed E-state index contributed by atoms with van der Waals surface area (Å²) < 4.78 is 8.02. The van der Waals surface area contributed by atoms with Gasteiger partial charge in [0, 0.05) is 36.4 Å². The first-order chi connectivity index (χ1) is 11.8. The Kier molecular flexibility index (Phi) is 4.09. The summed E-state index contributed by atoms with van der Waals surface area (Å²) in [5.41, 5.74) is 3.20. The number of nitrogens with zero attached hydrogens (tertiary/aromatic N) is 4. The van der Waals surface area contributed by atoms with Crippen molar-refractivity contribution >= 4 is 0 Å². The van der Waals surface area contributed by atoms with Gasteiger partial charge in [0.1, 0.15) is 5.69 Å². The van der Waals surface area contributed by atoms with Gasteiger partial charge >= 0.3 is 0 Å². The lowest BCUT2D eigenvalue weighted by atomic mass is 9.95. The summed E-state index contributed by atoms with van der Waals surface area (Å²) in [4.78, 5) is 13.3. The molecular weight excluding hydrogens is 300 g/mol. The van der Waals surface area contributed by atoms with Crippen molar-refractivity contribution in [3.8, 4) is 11.5 Å². The first-order valence-electron chi connectivity index (χ1n) is 8.25. The maximum atomic E-state index is 5.80. The number of imidazole rings is 1. The van der Waals surface area contributed by atoms with Crippen molar-refractivity contribution in [2.75, 3.05) is 13.2 Å². The molecule has 1 aliphatic rings. The third kappa shape index (κ3) is 2.95.